The van der Waals surface area contributed by atoms with Gasteiger partial charge in [-0.05, 0) is 74.6 Å². The minimum absolute atomic E-state index is 0.0232. The van der Waals surface area contributed by atoms with Gasteiger partial charge in [-0.1, -0.05) is 69.4 Å². The monoisotopic (exact) mass is 807 g/mol. The van der Waals surface area contributed by atoms with Gasteiger partial charge in [-0.3, -0.25) is 33.8 Å². The van der Waals surface area contributed by atoms with Crippen LogP contribution in [-0.4, -0.2) is 107 Å². The molecule has 0 saturated carbocycles. The summed E-state index contributed by atoms with van der Waals surface area (Å²) >= 11 is 0. The van der Waals surface area contributed by atoms with Crippen molar-refractivity contribution in [3.8, 4) is 5.75 Å². The quantitative estimate of drug-likeness (QED) is 0.100. The van der Waals surface area contributed by atoms with Crippen molar-refractivity contribution >= 4 is 35.4 Å². The average molecular weight is 808 g/mol. The topological polar surface area (TPSA) is 204 Å². The molecule has 15 heteroatoms. The summed E-state index contributed by atoms with van der Waals surface area (Å²) in [6, 6.07) is 3.08. The smallest absolute Gasteiger partial charge is 0.325 e. The highest BCUT2D eigenvalue weighted by Crippen LogP contribution is 2.24. The highest BCUT2D eigenvalue weighted by molar-refractivity contribution is 5.93. The summed E-state index contributed by atoms with van der Waals surface area (Å²) in [5.41, 5.74) is 4.20. The van der Waals surface area contributed by atoms with Gasteiger partial charge in [0.15, 0.2) is 0 Å². The number of benzene rings is 1. The zero-order valence-electron chi connectivity index (χ0n) is 34.7. The van der Waals surface area contributed by atoms with Gasteiger partial charge in [0.2, 0.25) is 11.8 Å². The molecule has 5 unspecified atom stereocenters. The molecule has 3 rings (SSSR count). The number of aliphatic hydroxyl groups excluding tert-OH is 1. The number of fused-ring (bicyclic) bond motifs is 2. The van der Waals surface area contributed by atoms with E-state index in [1.807, 2.05) is 12.2 Å². The summed E-state index contributed by atoms with van der Waals surface area (Å²) in [4.78, 5) is 85.1. The first-order chi connectivity index (χ1) is 27.5. The number of aromatic hydroxyl groups is 1. The molecule has 2 aliphatic heterocycles. The molecule has 7 atom stereocenters. The van der Waals surface area contributed by atoms with Gasteiger partial charge in [0.05, 0.1) is 19.1 Å². The van der Waals surface area contributed by atoms with Crippen LogP contribution in [0.25, 0.3) is 0 Å². The molecule has 2 heterocycles. The number of hydrogen-bond acceptors (Lipinski definition) is 11. The molecule has 0 radical (unpaired) electrons. The van der Waals surface area contributed by atoms with E-state index in [0.29, 0.717) is 30.4 Å². The SMILES string of the molecule is CON(C)C(=O)/C=C/C=C(\C)[C@@H]1C/C=C/C=C/CC(C)C(O)[C@@H](CCC(C)=O)C(=O)NC(C(C)C)C(=O)NC(Cc2cccc(O)c2)C(=O)N2CCCC(N2)C(=O)O1. The molecule has 318 valence electrons. The van der Waals surface area contributed by atoms with E-state index in [-0.39, 0.29) is 43.8 Å². The van der Waals surface area contributed by atoms with Crippen LogP contribution in [0.1, 0.15) is 78.7 Å². The Balaban J connectivity index is 2.05. The maximum absolute atomic E-state index is 14.3. The van der Waals surface area contributed by atoms with Crippen molar-refractivity contribution in [2.24, 2.45) is 17.8 Å². The third-order valence-electron chi connectivity index (χ3n) is 10.3. The number of hydroxylamine groups is 2. The lowest BCUT2D eigenvalue weighted by Gasteiger charge is -2.36. The van der Waals surface area contributed by atoms with E-state index in [0.717, 1.165) is 5.06 Å². The molecule has 2 bridgehead atoms. The lowest BCUT2D eigenvalue weighted by Crippen LogP contribution is -2.62. The summed E-state index contributed by atoms with van der Waals surface area (Å²) in [6.07, 6.45) is 11.4. The number of Topliss-reactive ketones (excluding diaryl/α,β-unsaturated/α-hetero) is 1. The molecule has 5 N–H and O–H groups in total. The fourth-order valence-electron chi connectivity index (χ4n) is 6.62. The summed E-state index contributed by atoms with van der Waals surface area (Å²) in [5.74, 6) is -4.80. The van der Waals surface area contributed by atoms with Gasteiger partial charge in [-0.15, -0.1) is 0 Å². The first-order valence-corrected chi connectivity index (χ1v) is 19.8. The molecular formula is C43H61N5O10. The molecule has 0 spiro atoms. The van der Waals surface area contributed by atoms with Gasteiger partial charge in [0.25, 0.3) is 11.8 Å². The van der Waals surface area contributed by atoms with Crippen molar-refractivity contribution in [1.29, 1.82) is 0 Å². The standard InChI is InChI=1S/C43H61N5O10/c1-27(2)38-41(54)44-35(26-31-17-13-18-32(50)25-31)42(55)48-24-14-19-34(46-48)43(56)58-36(28(3)16-12-21-37(51)47(6)57-7)20-11-9-8-10-15-29(4)39(52)33(40(53)45-38)23-22-30(5)49/h8-13,16-18,21,25,27,29,33-36,38-39,46,50,52H,14-15,19-20,22-24,26H2,1-7H3,(H,44,54)(H,45,53)/b10-8+,11-9+,21-12+,28-16+/t29?,33-,34?,35?,36+,38?,39?/m1/s1. The van der Waals surface area contributed by atoms with E-state index in [9.17, 15) is 39.0 Å². The Hall–Kier alpha value is -5.12. The van der Waals surface area contributed by atoms with E-state index in [1.165, 1.54) is 50.4 Å². The molecule has 1 aromatic rings. The van der Waals surface area contributed by atoms with Gasteiger partial charge >= 0.3 is 5.97 Å². The lowest BCUT2D eigenvalue weighted by atomic mass is 9.85. The van der Waals surface area contributed by atoms with E-state index in [4.69, 9.17) is 9.57 Å². The second-order valence-corrected chi connectivity index (χ2v) is 15.3. The number of phenolic OH excluding ortho intramolecular Hbond substituents is 1. The molecular weight excluding hydrogens is 746 g/mol. The number of esters is 1. The fraction of sp³-hybridized carbons (Fsp3) is 0.535. The molecule has 0 aromatic heterocycles. The number of cyclic esters (lactones) is 1. The second kappa shape index (κ2) is 23.3. The molecule has 1 saturated heterocycles. The Kier molecular flexibility index (Phi) is 19.0. The maximum atomic E-state index is 14.3. The Labute approximate surface area is 341 Å². The fourth-order valence-corrected chi connectivity index (χ4v) is 6.62. The van der Waals surface area contributed by atoms with Gasteiger partial charge in [-0.25, -0.2) is 10.5 Å². The summed E-state index contributed by atoms with van der Waals surface area (Å²) in [7, 11) is 2.85. The number of carbonyl (C=O) groups is 6. The van der Waals surface area contributed by atoms with Crippen LogP contribution in [0.4, 0.5) is 0 Å². The van der Waals surface area contributed by atoms with E-state index >= 15 is 0 Å². The largest absolute Gasteiger partial charge is 0.508 e. The number of hydrazine groups is 1. The Morgan fingerprint density at radius 3 is 2.43 bits per heavy atom. The van der Waals surface area contributed by atoms with Crippen molar-refractivity contribution in [2.45, 2.75) is 110 Å². The maximum Gasteiger partial charge on any atom is 0.325 e. The number of nitrogens with one attached hydrogen (secondary N) is 3. The number of allylic oxidation sites excluding steroid dienone is 5. The molecule has 1 fully saturated rings. The van der Waals surface area contributed by atoms with Gasteiger partial charge in [-0.2, -0.15) is 0 Å². The zero-order chi connectivity index (χ0) is 42.9. The summed E-state index contributed by atoms with van der Waals surface area (Å²) in [6.45, 7) is 8.68. The van der Waals surface area contributed by atoms with Gasteiger partial charge in [0.1, 0.15) is 35.8 Å². The Morgan fingerprint density at radius 2 is 1.78 bits per heavy atom. The van der Waals surface area contributed by atoms with Crippen LogP contribution < -0.4 is 16.1 Å². The van der Waals surface area contributed by atoms with Crippen molar-refractivity contribution in [1.82, 2.24) is 26.1 Å². The first kappa shape index (κ1) is 47.3. The minimum atomic E-state index is -1.19. The molecule has 0 aliphatic carbocycles. The Morgan fingerprint density at radius 1 is 1.07 bits per heavy atom. The highest BCUT2D eigenvalue weighted by Gasteiger charge is 2.38. The number of ether oxygens (including phenoxy) is 1. The van der Waals surface area contributed by atoms with Crippen LogP contribution in [0, 0.1) is 17.8 Å². The zero-order valence-corrected chi connectivity index (χ0v) is 34.7. The number of carbonyl (C=O) groups excluding carboxylic acids is 6. The third-order valence-corrected chi connectivity index (χ3v) is 10.3. The van der Waals surface area contributed by atoms with Gasteiger partial charge < -0.3 is 30.4 Å². The normalized spacial score (nSPS) is 27.2. The average Bonchev–Trinajstić information content (AvgIpc) is 3.18. The molecule has 15 nitrogen and oxygen atoms in total. The molecule has 58 heavy (non-hydrogen) atoms. The van der Waals surface area contributed by atoms with Crippen molar-refractivity contribution < 1.29 is 48.6 Å². The number of likely N-dealkylation sites (N-methyl/N-ethyl adjacent to an activating group) is 1. The third kappa shape index (κ3) is 14.7. The van der Waals surface area contributed by atoms with Crippen LogP contribution in [-0.2, 0) is 44.8 Å². The van der Waals surface area contributed by atoms with Crippen LogP contribution in [0.3, 0.4) is 0 Å². The van der Waals surface area contributed by atoms with E-state index < -0.39 is 77.7 Å². The summed E-state index contributed by atoms with van der Waals surface area (Å²) < 4.78 is 6.03. The number of amides is 4. The summed E-state index contributed by atoms with van der Waals surface area (Å²) in [5, 5.41) is 29.6. The molecule has 2 aliphatic rings. The van der Waals surface area contributed by atoms with E-state index in [2.05, 4.69) is 16.1 Å². The minimum Gasteiger partial charge on any atom is -0.508 e. The van der Waals surface area contributed by atoms with Crippen LogP contribution in [0.5, 0.6) is 5.75 Å². The molecule has 4 amide bonds. The first-order valence-electron chi connectivity index (χ1n) is 19.8. The van der Waals surface area contributed by atoms with Crippen LogP contribution in [0.2, 0.25) is 0 Å². The van der Waals surface area contributed by atoms with Crippen molar-refractivity contribution in [2.75, 3.05) is 20.7 Å². The van der Waals surface area contributed by atoms with Crippen molar-refractivity contribution in [3.63, 3.8) is 0 Å². The number of ketones is 1. The predicted octanol–water partition coefficient (Wildman–Crippen LogP) is 3.38. The number of nitrogens with zero attached hydrogens (tertiary/aromatic N) is 2. The predicted molar refractivity (Wildman–Crippen MR) is 217 cm³/mol. The number of phenols is 1. The second-order valence-electron chi connectivity index (χ2n) is 15.3. The highest BCUT2D eigenvalue weighted by atomic mass is 16.7. The van der Waals surface area contributed by atoms with Crippen LogP contribution >= 0.6 is 0 Å². The lowest BCUT2D eigenvalue weighted by molar-refractivity contribution is -0.162. The molecule has 1 aromatic carbocycles. The van der Waals surface area contributed by atoms with Crippen molar-refractivity contribution in [3.05, 3.63) is 77.9 Å². The van der Waals surface area contributed by atoms with E-state index in [1.54, 1.807) is 58.1 Å². The number of aliphatic hydroxyl groups is 1. The number of rotatable bonds is 10. The van der Waals surface area contributed by atoms with Crippen LogP contribution in [0.15, 0.2) is 72.4 Å². The van der Waals surface area contributed by atoms with Gasteiger partial charge in [0, 0.05) is 38.9 Å². The Bertz CT molecular complexity index is 1720. The number of hydrogen-bond donors (Lipinski definition) is 5.